The van der Waals surface area contributed by atoms with Crippen LogP contribution in [0.2, 0.25) is 0 Å². The van der Waals surface area contributed by atoms with Crippen molar-refractivity contribution in [3.05, 3.63) is 29.3 Å². The highest BCUT2D eigenvalue weighted by Gasteiger charge is 2.19. The Bertz CT molecular complexity index is 511. The number of hydrogen-bond acceptors (Lipinski definition) is 3. The third kappa shape index (κ3) is 5.10. The Hall–Kier alpha value is -2.04. The van der Waals surface area contributed by atoms with Gasteiger partial charge in [0.05, 0.1) is 13.0 Å². The molecule has 0 aliphatic carbocycles. The second-order valence-corrected chi connectivity index (χ2v) is 5.31. The van der Waals surface area contributed by atoms with Crippen LogP contribution in [0.3, 0.4) is 0 Å². The highest BCUT2D eigenvalue weighted by atomic mass is 16.5. The van der Waals surface area contributed by atoms with Gasteiger partial charge in [0, 0.05) is 6.04 Å². The van der Waals surface area contributed by atoms with E-state index < -0.39 is 5.97 Å². The van der Waals surface area contributed by atoms with Crippen LogP contribution in [-0.2, 0) is 9.59 Å². The van der Waals surface area contributed by atoms with Crippen molar-refractivity contribution in [3.8, 4) is 5.75 Å². The zero-order chi connectivity index (χ0) is 16.0. The molecule has 1 rings (SSSR count). The fourth-order valence-electron chi connectivity index (χ4n) is 1.98. The van der Waals surface area contributed by atoms with Crippen molar-refractivity contribution in [2.75, 3.05) is 13.2 Å². The standard InChI is InChI=1S/C16H23NO4/c1-11(2)17(10-16(19)20)15(18)8-9-21-14-7-5-6-12(3)13(14)4/h5-7,11H,8-10H2,1-4H3,(H,19,20). The van der Waals surface area contributed by atoms with Crippen LogP contribution in [0.5, 0.6) is 5.75 Å². The van der Waals surface area contributed by atoms with Crippen LogP contribution < -0.4 is 4.74 Å². The van der Waals surface area contributed by atoms with Gasteiger partial charge in [0.15, 0.2) is 0 Å². The summed E-state index contributed by atoms with van der Waals surface area (Å²) in [5.74, 6) is -0.456. The van der Waals surface area contributed by atoms with Crippen molar-refractivity contribution < 1.29 is 19.4 Å². The number of ether oxygens (including phenoxy) is 1. The molecule has 116 valence electrons. The minimum atomic E-state index is -1.01. The van der Waals surface area contributed by atoms with Gasteiger partial charge in [-0.3, -0.25) is 9.59 Å². The monoisotopic (exact) mass is 293 g/mol. The van der Waals surface area contributed by atoms with E-state index in [-0.39, 0.29) is 31.5 Å². The molecular weight excluding hydrogens is 270 g/mol. The number of rotatable bonds is 7. The van der Waals surface area contributed by atoms with E-state index in [2.05, 4.69) is 0 Å². The lowest BCUT2D eigenvalue weighted by Crippen LogP contribution is -2.41. The summed E-state index contributed by atoms with van der Waals surface area (Å²) in [4.78, 5) is 24.2. The number of carbonyl (C=O) groups excluding carboxylic acids is 1. The number of hydrogen-bond donors (Lipinski definition) is 1. The molecule has 1 aromatic rings. The predicted molar refractivity (Wildman–Crippen MR) is 80.5 cm³/mol. The van der Waals surface area contributed by atoms with Gasteiger partial charge in [-0.25, -0.2) is 0 Å². The second kappa shape index (κ2) is 7.67. The number of nitrogens with zero attached hydrogens (tertiary/aromatic N) is 1. The number of carboxylic acids is 1. The first-order valence-corrected chi connectivity index (χ1v) is 7.03. The first kappa shape index (κ1) is 17.0. The summed E-state index contributed by atoms with van der Waals surface area (Å²) in [5, 5.41) is 8.83. The molecule has 0 bridgehead atoms. The number of amides is 1. The van der Waals surface area contributed by atoms with Crippen LogP contribution in [0.4, 0.5) is 0 Å². The van der Waals surface area contributed by atoms with Crippen LogP contribution >= 0.6 is 0 Å². The lowest BCUT2D eigenvalue weighted by Gasteiger charge is -2.25. The van der Waals surface area contributed by atoms with E-state index in [1.165, 1.54) is 4.90 Å². The number of aliphatic carboxylic acids is 1. The predicted octanol–water partition coefficient (Wildman–Crippen LogP) is 2.39. The fraction of sp³-hybridized carbons (Fsp3) is 0.500. The van der Waals surface area contributed by atoms with Gasteiger partial charge >= 0.3 is 5.97 Å². The molecule has 0 unspecified atom stereocenters. The van der Waals surface area contributed by atoms with Crippen LogP contribution in [0.25, 0.3) is 0 Å². The molecule has 0 atom stereocenters. The molecule has 0 radical (unpaired) electrons. The van der Waals surface area contributed by atoms with E-state index >= 15 is 0 Å². The van der Waals surface area contributed by atoms with E-state index in [0.717, 1.165) is 16.9 Å². The minimum Gasteiger partial charge on any atom is -0.493 e. The van der Waals surface area contributed by atoms with Crippen molar-refractivity contribution in [2.45, 2.75) is 40.2 Å². The highest BCUT2D eigenvalue weighted by Crippen LogP contribution is 2.20. The van der Waals surface area contributed by atoms with Crippen LogP contribution in [0, 0.1) is 13.8 Å². The van der Waals surface area contributed by atoms with Crippen molar-refractivity contribution in [1.29, 1.82) is 0 Å². The molecule has 1 N–H and O–H groups in total. The number of benzene rings is 1. The van der Waals surface area contributed by atoms with Crippen LogP contribution in [0.1, 0.15) is 31.4 Å². The molecule has 0 aromatic heterocycles. The highest BCUT2D eigenvalue weighted by molar-refractivity contribution is 5.81. The molecule has 0 aliphatic heterocycles. The van der Waals surface area contributed by atoms with Crippen LogP contribution in [0.15, 0.2) is 18.2 Å². The van der Waals surface area contributed by atoms with Gasteiger partial charge in [-0.2, -0.15) is 0 Å². The molecule has 1 amide bonds. The molecule has 1 aromatic carbocycles. The summed E-state index contributed by atoms with van der Waals surface area (Å²) >= 11 is 0. The number of carbonyl (C=O) groups is 2. The summed E-state index contributed by atoms with van der Waals surface area (Å²) in [6.07, 6.45) is 0.166. The van der Waals surface area contributed by atoms with Gasteiger partial charge < -0.3 is 14.7 Å². The van der Waals surface area contributed by atoms with Gasteiger partial charge in [0.1, 0.15) is 12.3 Å². The first-order chi connectivity index (χ1) is 9.82. The van der Waals surface area contributed by atoms with Crippen molar-refractivity contribution >= 4 is 11.9 Å². The second-order valence-electron chi connectivity index (χ2n) is 5.31. The topological polar surface area (TPSA) is 66.8 Å². The Morgan fingerprint density at radius 1 is 1.29 bits per heavy atom. The molecule has 0 saturated carbocycles. The maximum atomic E-state index is 12.0. The number of aryl methyl sites for hydroxylation is 1. The Kier molecular flexibility index (Phi) is 6.21. The smallest absolute Gasteiger partial charge is 0.323 e. The average molecular weight is 293 g/mol. The quantitative estimate of drug-likeness (QED) is 0.838. The molecular formula is C16H23NO4. The minimum absolute atomic E-state index is 0.144. The van der Waals surface area contributed by atoms with E-state index in [1.807, 2.05) is 32.0 Å². The molecule has 21 heavy (non-hydrogen) atoms. The fourth-order valence-corrected chi connectivity index (χ4v) is 1.98. The number of carboxylic acid groups (broad SMARTS) is 1. The zero-order valence-corrected chi connectivity index (χ0v) is 13.0. The molecule has 0 heterocycles. The summed E-state index contributed by atoms with van der Waals surface area (Å²) in [5.41, 5.74) is 2.18. The van der Waals surface area contributed by atoms with E-state index in [4.69, 9.17) is 9.84 Å². The summed E-state index contributed by atoms with van der Waals surface area (Å²) in [6.45, 7) is 7.53. The Labute approximate surface area is 125 Å². The van der Waals surface area contributed by atoms with Gasteiger partial charge in [-0.15, -0.1) is 0 Å². The van der Waals surface area contributed by atoms with Crippen molar-refractivity contribution in [1.82, 2.24) is 4.90 Å². The molecule has 5 heteroatoms. The van der Waals surface area contributed by atoms with E-state index in [0.29, 0.717) is 0 Å². The molecule has 0 saturated heterocycles. The summed E-state index contributed by atoms with van der Waals surface area (Å²) in [6, 6.07) is 5.63. The van der Waals surface area contributed by atoms with Gasteiger partial charge in [-0.05, 0) is 44.9 Å². The Morgan fingerprint density at radius 2 is 1.95 bits per heavy atom. The van der Waals surface area contributed by atoms with Crippen molar-refractivity contribution in [2.24, 2.45) is 0 Å². The normalized spacial score (nSPS) is 10.5. The Balaban J connectivity index is 2.56. The lowest BCUT2D eigenvalue weighted by atomic mass is 10.1. The van der Waals surface area contributed by atoms with Gasteiger partial charge in [-0.1, -0.05) is 12.1 Å². The zero-order valence-electron chi connectivity index (χ0n) is 13.0. The van der Waals surface area contributed by atoms with E-state index in [9.17, 15) is 9.59 Å². The first-order valence-electron chi connectivity index (χ1n) is 7.03. The van der Waals surface area contributed by atoms with Gasteiger partial charge in [0.25, 0.3) is 0 Å². The maximum absolute atomic E-state index is 12.0. The lowest BCUT2D eigenvalue weighted by molar-refractivity contribution is -0.146. The largest absolute Gasteiger partial charge is 0.493 e. The molecule has 5 nitrogen and oxygen atoms in total. The third-order valence-corrected chi connectivity index (χ3v) is 3.38. The van der Waals surface area contributed by atoms with Gasteiger partial charge in [0.2, 0.25) is 5.91 Å². The van der Waals surface area contributed by atoms with Crippen molar-refractivity contribution in [3.63, 3.8) is 0 Å². The SMILES string of the molecule is Cc1cccc(OCCC(=O)N(CC(=O)O)C(C)C)c1C. The summed E-state index contributed by atoms with van der Waals surface area (Å²) < 4.78 is 5.63. The average Bonchev–Trinajstić information content (AvgIpc) is 2.40. The molecule has 0 spiro atoms. The Morgan fingerprint density at radius 3 is 2.52 bits per heavy atom. The van der Waals surface area contributed by atoms with Crippen LogP contribution in [-0.4, -0.2) is 41.1 Å². The maximum Gasteiger partial charge on any atom is 0.323 e. The molecule has 0 aliphatic rings. The van der Waals surface area contributed by atoms with E-state index in [1.54, 1.807) is 13.8 Å². The third-order valence-electron chi connectivity index (χ3n) is 3.38. The summed E-state index contributed by atoms with van der Waals surface area (Å²) in [7, 11) is 0. The molecule has 0 fully saturated rings.